The Morgan fingerprint density at radius 2 is 2.14 bits per heavy atom. The van der Waals surface area contributed by atoms with E-state index in [0.29, 0.717) is 36.9 Å². The molecule has 1 amide bonds. The zero-order valence-electron chi connectivity index (χ0n) is 12.5. The predicted molar refractivity (Wildman–Crippen MR) is 77.4 cm³/mol. The number of fused-ring (bicyclic) bond motifs is 1. The number of hydrogen-bond acceptors (Lipinski definition) is 4. The Balaban J connectivity index is 1.99. The number of hydrogen-bond donors (Lipinski definition) is 0. The van der Waals surface area contributed by atoms with Crippen molar-refractivity contribution in [3.05, 3.63) is 35.9 Å². The normalized spacial score (nSPS) is 17.7. The average Bonchev–Trinajstić information content (AvgIpc) is 2.93. The second-order valence-electron chi connectivity index (χ2n) is 5.22. The summed E-state index contributed by atoms with van der Waals surface area (Å²) in [6.07, 6.45) is 0. The lowest BCUT2D eigenvalue weighted by molar-refractivity contribution is -0.137. The molecule has 0 fully saturated rings. The largest absolute Gasteiger partial charge is 0.383 e. The quantitative estimate of drug-likeness (QED) is 0.861. The van der Waals surface area contributed by atoms with Gasteiger partial charge in [-0.15, -0.1) is 10.2 Å². The van der Waals surface area contributed by atoms with Gasteiger partial charge in [-0.2, -0.15) is 0 Å². The van der Waals surface area contributed by atoms with Gasteiger partial charge in [0.1, 0.15) is 11.9 Å². The van der Waals surface area contributed by atoms with Gasteiger partial charge in [-0.25, -0.2) is 4.39 Å². The molecule has 116 valence electrons. The van der Waals surface area contributed by atoms with Crippen molar-refractivity contribution in [3.63, 3.8) is 0 Å². The lowest BCUT2D eigenvalue weighted by Gasteiger charge is -2.31. The second kappa shape index (κ2) is 5.84. The van der Waals surface area contributed by atoms with Crippen molar-refractivity contribution in [2.75, 3.05) is 20.3 Å². The number of carbonyl (C=O) groups is 1. The minimum Gasteiger partial charge on any atom is -0.383 e. The highest BCUT2D eigenvalue weighted by molar-refractivity contribution is 5.82. The lowest BCUT2D eigenvalue weighted by atomic mass is 10.1. The zero-order chi connectivity index (χ0) is 15.7. The number of amides is 1. The van der Waals surface area contributed by atoms with E-state index in [1.54, 1.807) is 41.7 Å². The molecule has 0 bridgehead atoms. The highest BCUT2D eigenvalue weighted by Gasteiger charge is 2.33. The summed E-state index contributed by atoms with van der Waals surface area (Å²) in [4.78, 5) is 14.1. The molecule has 1 aliphatic heterocycles. The van der Waals surface area contributed by atoms with Crippen molar-refractivity contribution in [3.8, 4) is 11.4 Å². The van der Waals surface area contributed by atoms with E-state index >= 15 is 0 Å². The number of methoxy groups -OCH3 is 1. The van der Waals surface area contributed by atoms with Gasteiger partial charge in [0.25, 0.3) is 0 Å². The van der Waals surface area contributed by atoms with Crippen molar-refractivity contribution in [1.82, 2.24) is 19.7 Å². The third-order valence-electron chi connectivity index (χ3n) is 3.84. The minimum atomic E-state index is -0.467. The van der Waals surface area contributed by atoms with Gasteiger partial charge in [0.15, 0.2) is 11.6 Å². The van der Waals surface area contributed by atoms with Crippen molar-refractivity contribution in [2.24, 2.45) is 0 Å². The molecule has 0 radical (unpaired) electrons. The summed E-state index contributed by atoms with van der Waals surface area (Å²) >= 11 is 0. The van der Waals surface area contributed by atoms with Gasteiger partial charge >= 0.3 is 0 Å². The number of nitrogens with zero attached hydrogens (tertiary/aromatic N) is 4. The molecule has 0 N–H and O–H groups in total. The number of halogens is 1. The molecule has 1 aliphatic rings. The highest BCUT2D eigenvalue weighted by Crippen LogP contribution is 2.29. The first-order chi connectivity index (χ1) is 10.6. The third-order valence-corrected chi connectivity index (χ3v) is 3.84. The van der Waals surface area contributed by atoms with Crippen LogP contribution in [0, 0.1) is 5.82 Å². The Kier molecular flexibility index (Phi) is 3.89. The molecule has 1 atom stereocenters. The number of carbonyl (C=O) groups excluding carboxylic acids is 1. The molecule has 0 spiro atoms. The average molecular weight is 304 g/mol. The van der Waals surface area contributed by atoms with Crippen LogP contribution in [0.15, 0.2) is 24.3 Å². The first-order valence-corrected chi connectivity index (χ1v) is 7.10. The van der Waals surface area contributed by atoms with Crippen LogP contribution in [-0.2, 0) is 16.1 Å². The van der Waals surface area contributed by atoms with Gasteiger partial charge < -0.3 is 9.64 Å². The molecule has 2 heterocycles. The first-order valence-electron chi connectivity index (χ1n) is 7.10. The summed E-state index contributed by atoms with van der Waals surface area (Å²) in [6, 6.07) is 5.90. The van der Waals surface area contributed by atoms with Crippen LogP contribution in [0.4, 0.5) is 4.39 Å². The maximum absolute atomic E-state index is 14.0. The summed E-state index contributed by atoms with van der Waals surface area (Å²) in [5.74, 6) is 0.628. The van der Waals surface area contributed by atoms with E-state index in [2.05, 4.69) is 10.2 Å². The third kappa shape index (κ3) is 2.37. The zero-order valence-corrected chi connectivity index (χ0v) is 12.5. The number of ether oxygens (including phenoxy) is 1. The molecule has 0 saturated heterocycles. The standard InChI is InChI=1S/C15H17FN4O2/c1-10-15(21)19(7-8-22-2)9-13-17-18-14(20(10)13)11-5-3-4-6-12(11)16/h3-6,10H,7-9H2,1-2H3/t10-/m0/s1. The Morgan fingerprint density at radius 1 is 1.36 bits per heavy atom. The van der Waals surface area contributed by atoms with Crippen LogP contribution in [-0.4, -0.2) is 45.8 Å². The van der Waals surface area contributed by atoms with Crippen molar-refractivity contribution >= 4 is 5.91 Å². The van der Waals surface area contributed by atoms with E-state index < -0.39 is 6.04 Å². The lowest BCUT2D eigenvalue weighted by Crippen LogP contribution is -2.43. The maximum atomic E-state index is 14.0. The van der Waals surface area contributed by atoms with E-state index in [4.69, 9.17) is 4.74 Å². The Hall–Kier alpha value is -2.28. The van der Waals surface area contributed by atoms with E-state index in [-0.39, 0.29) is 11.7 Å². The van der Waals surface area contributed by atoms with Gasteiger partial charge in [0.2, 0.25) is 5.91 Å². The van der Waals surface area contributed by atoms with Gasteiger partial charge in [-0.05, 0) is 19.1 Å². The summed E-state index contributed by atoms with van der Waals surface area (Å²) < 4.78 is 20.7. The molecular formula is C15H17FN4O2. The maximum Gasteiger partial charge on any atom is 0.245 e. The van der Waals surface area contributed by atoms with Crippen LogP contribution >= 0.6 is 0 Å². The van der Waals surface area contributed by atoms with Gasteiger partial charge in [-0.3, -0.25) is 9.36 Å². The minimum absolute atomic E-state index is 0.0399. The van der Waals surface area contributed by atoms with Crippen LogP contribution in [0.5, 0.6) is 0 Å². The van der Waals surface area contributed by atoms with E-state index in [0.717, 1.165) is 0 Å². The fourth-order valence-corrected chi connectivity index (χ4v) is 2.68. The Morgan fingerprint density at radius 3 is 2.86 bits per heavy atom. The van der Waals surface area contributed by atoms with Gasteiger partial charge in [0, 0.05) is 13.7 Å². The van der Waals surface area contributed by atoms with E-state index in [9.17, 15) is 9.18 Å². The molecule has 1 aromatic carbocycles. The Bertz CT molecular complexity index is 701. The van der Waals surface area contributed by atoms with Gasteiger partial charge in [-0.1, -0.05) is 12.1 Å². The van der Waals surface area contributed by atoms with E-state index in [1.807, 2.05) is 0 Å². The van der Waals surface area contributed by atoms with Crippen LogP contribution < -0.4 is 0 Å². The SMILES string of the molecule is COCCN1Cc2nnc(-c3ccccc3F)n2[C@@H](C)C1=O. The predicted octanol–water partition coefficient (Wildman–Crippen LogP) is 1.63. The summed E-state index contributed by atoms with van der Waals surface area (Å²) in [5, 5.41) is 8.22. The summed E-state index contributed by atoms with van der Waals surface area (Å²) in [6.45, 7) is 3.10. The Labute approximate surface area is 127 Å². The fraction of sp³-hybridized carbons (Fsp3) is 0.400. The molecule has 22 heavy (non-hydrogen) atoms. The van der Waals surface area contributed by atoms with Crippen molar-refractivity contribution in [1.29, 1.82) is 0 Å². The monoisotopic (exact) mass is 304 g/mol. The topological polar surface area (TPSA) is 60.2 Å². The second-order valence-corrected chi connectivity index (χ2v) is 5.22. The van der Waals surface area contributed by atoms with Gasteiger partial charge in [0.05, 0.1) is 18.7 Å². The molecular weight excluding hydrogens is 287 g/mol. The molecule has 3 rings (SSSR count). The van der Waals surface area contributed by atoms with Crippen molar-refractivity contribution < 1.29 is 13.9 Å². The molecule has 2 aromatic rings. The van der Waals surface area contributed by atoms with Crippen LogP contribution in [0.3, 0.4) is 0 Å². The highest BCUT2D eigenvalue weighted by atomic mass is 19.1. The van der Waals surface area contributed by atoms with Crippen LogP contribution in [0.1, 0.15) is 18.8 Å². The smallest absolute Gasteiger partial charge is 0.245 e. The molecule has 1 aromatic heterocycles. The van der Waals surface area contributed by atoms with E-state index in [1.165, 1.54) is 6.07 Å². The molecule has 7 heteroatoms. The molecule has 0 saturated carbocycles. The van der Waals surface area contributed by atoms with Crippen molar-refractivity contribution in [2.45, 2.75) is 19.5 Å². The molecule has 0 unspecified atom stereocenters. The molecule has 0 aliphatic carbocycles. The summed E-state index contributed by atoms with van der Waals surface area (Å²) in [7, 11) is 1.59. The number of rotatable bonds is 4. The molecule has 6 nitrogen and oxygen atoms in total. The number of benzene rings is 1. The number of aromatic nitrogens is 3. The van der Waals surface area contributed by atoms with Crippen LogP contribution in [0.2, 0.25) is 0 Å². The first kappa shape index (κ1) is 14.6. The summed E-state index contributed by atoms with van der Waals surface area (Å²) in [5.41, 5.74) is 0.353. The van der Waals surface area contributed by atoms with Crippen LogP contribution in [0.25, 0.3) is 11.4 Å². The fourth-order valence-electron chi connectivity index (χ4n) is 2.68.